The van der Waals surface area contributed by atoms with Crippen LogP contribution in [0.1, 0.15) is 11.1 Å². The van der Waals surface area contributed by atoms with Gasteiger partial charge in [0.25, 0.3) is 0 Å². The van der Waals surface area contributed by atoms with E-state index in [1.807, 2.05) is 18.2 Å². The molecular weight excluding hydrogens is 150 g/mol. The van der Waals surface area contributed by atoms with Crippen molar-refractivity contribution in [2.45, 2.75) is 6.42 Å². The Labute approximate surface area is 70.9 Å². The lowest BCUT2D eigenvalue weighted by Crippen LogP contribution is -2.03. The highest BCUT2D eigenvalue weighted by molar-refractivity contribution is 5.99. The van der Waals surface area contributed by atoms with Gasteiger partial charge in [-0.15, -0.1) is 0 Å². The molecule has 0 spiro atoms. The molecule has 0 bridgehead atoms. The maximum Gasteiger partial charge on any atom is 0.228 e. The summed E-state index contributed by atoms with van der Waals surface area (Å²) in [6.45, 7) is 3.66. The summed E-state index contributed by atoms with van der Waals surface area (Å²) < 4.78 is 0. The van der Waals surface area contributed by atoms with Gasteiger partial charge in [0.2, 0.25) is 5.91 Å². The van der Waals surface area contributed by atoms with Crippen LogP contribution in [0.15, 0.2) is 24.8 Å². The smallest absolute Gasteiger partial charge is 0.228 e. The topological polar surface area (TPSA) is 29.1 Å². The summed E-state index contributed by atoms with van der Waals surface area (Å²) in [5.41, 5.74) is 3.04. The third kappa shape index (κ3) is 1.01. The van der Waals surface area contributed by atoms with Gasteiger partial charge in [0, 0.05) is 5.69 Å². The first kappa shape index (κ1) is 7.10. The third-order valence-electron chi connectivity index (χ3n) is 1.99. The molecule has 1 aliphatic heterocycles. The minimum atomic E-state index is 0.0752. The van der Waals surface area contributed by atoms with Gasteiger partial charge in [0.05, 0.1) is 6.42 Å². The molecule has 2 rings (SSSR count). The number of nitrogens with one attached hydrogen (secondary N) is 1. The molecule has 0 aliphatic carbocycles. The van der Waals surface area contributed by atoms with E-state index in [-0.39, 0.29) is 5.91 Å². The molecule has 0 fully saturated rings. The summed E-state index contributed by atoms with van der Waals surface area (Å²) in [6.07, 6.45) is 2.28. The van der Waals surface area contributed by atoms with Crippen molar-refractivity contribution in [3.8, 4) is 0 Å². The highest BCUT2D eigenvalue weighted by Gasteiger charge is 2.16. The van der Waals surface area contributed by atoms with Crippen LogP contribution in [0.5, 0.6) is 0 Å². The quantitative estimate of drug-likeness (QED) is 0.665. The van der Waals surface area contributed by atoms with E-state index in [1.165, 1.54) is 0 Å². The van der Waals surface area contributed by atoms with Gasteiger partial charge < -0.3 is 5.32 Å². The van der Waals surface area contributed by atoms with Gasteiger partial charge in [-0.3, -0.25) is 4.79 Å². The average Bonchev–Trinajstić information content (AvgIpc) is 2.43. The van der Waals surface area contributed by atoms with Crippen molar-refractivity contribution in [2.24, 2.45) is 0 Å². The van der Waals surface area contributed by atoms with E-state index in [2.05, 4.69) is 11.9 Å². The van der Waals surface area contributed by atoms with Crippen LogP contribution in [0, 0.1) is 0 Å². The van der Waals surface area contributed by atoms with Crippen molar-refractivity contribution < 1.29 is 4.79 Å². The van der Waals surface area contributed by atoms with E-state index in [0.717, 1.165) is 16.8 Å². The predicted octanol–water partition coefficient (Wildman–Crippen LogP) is 1.82. The summed E-state index contributed by atoms with van der Waals surface area (Å²) in [6, 6.07) is 5.86. The fraction of sp³-hybridized carbons (Fsp3) is 0.100. The number of hydrogen-bond donors (Lipinski definition) is 1. The summed E-state index contributed by atoms with van der Waals surface area (Å²) in [4.78, 5) is 11.0. The number of hydrogen-bond acceptors (Lipinski definition) is 1. The number of carbonyl (C=O) groups excluding carboxylic acids is 1. The molecule has 0 atom stereocenters. The second kappa shape index (κ2) is 2.48. The van der Waals surface area contributed by atoms with Gasteiger partial charge in [-0.1, -0.05) is 24.8 Å². The fourth-order valence-corrected chi connectivity index (χ4v) is 1.36. The summed E-state index contributed by atoms with van der Waals surface area (Å²) in [5.74, 6) is 0.0752. The maximum absolute atomic E-state index is 11.0. The zero-order chi connectivity index (χ0) is 8.55. The average molecular weight is 159 g/mol. The monoisotopic (exact) mass is 159 g/mol. The molecule has 1 heterocycles. The third-order valence-corrected chi connectivity index (χ3v) is 1.99. The summed E-state index contributed by atoms with van der Waals surface area (Å²) >= 11 is 0. The summed E-state index contributed by atoms with van der Waals surface area (Å²) in [5, 5.41) is 2.79. The van der Waals surface area contributed by atoms with Crippen molar-refractivity contribution >= 4 is 17.7 Å². The molecule has 1 aliphatic rings. The van der Waals surface area contributed by atoms with Crippen LogP contribution in [0.3, 0.4) is 0 Å². The zero-order valence-corrected chi connectivity index (χ0v) is 6.63. The molecule has 1 N–H and O–H groups in total. The van der Waals surface area contributed by atoms with Crippen molar-refractivity contribution in [2.75, 3.05) is 5.32 Å². The largest absolute Gasteiger partial charge is 0.326 e. The molecule has 1 amide bonds. The molecule has 0 aromatic heterocycles. The van der Waals surface area contributed by atoms with Gasteiger partial charge in [-0.25, -0.2) is 0 Å². The lowest BCUT2D eigenvalue weighted by atomic mass is 10.1. The van der Waals surface area contributed by atoms with Crippen molar-refractivity contribution in [1.29, 1.82) is 0 Å². The highest BCUT2D eigenvalue weighted by Crippen LogP contribution is 2.24. The predicted molar refractivity (Wildman–Crippen MR) is 48.9 cm³/mol. The van der Waals surface area contributed by atoms with Crippen LogP contribution < -0.4 is 5.32 Å². The van der Waals surface area contributed by atoms with Crippen LogP contribution in [0.25, 0.3) is 6.08 Å². The Morgan fingerprint density at radius 2 is 2.33 bits per heavy atom. The normalized spacial score (nSPS) is 13.8. The number of carbonyl (C=O) groups is 1. The molecule has 0 unspecified atom stereocenters. The minimum Gasteiger partial charge on any atom is -0.326 e. The SMILES string of the molecule is C=Cc1ccc2c(c1)NC(=O)C2. The fourth-order valence-electron chi connectivity index (χ4n) is 1.36. The lowest BCUT2D eigenvalue weighted by molar-refractivity contribution is -0.115. The first-order valence-electron chi connectivity index (χ1n) is 3.85. The number of benzene rings is 1. The number of amides is 1. The molecule has 0 saturated carbocycles. The molecular formula is C10H9NO. The molecule has 2 nitrogen and oxygen atoms in total. The first-order valence-corrected chi connectivity index (χ1v) is 3.85. The zero-order valence-electron chi connectivity index (χ0n) is 6.63. The second-order valence-electron chi connectivity index (χ2n) is 2.85. The standard InChI is InChI=1S/C10H9NO/c1-2-7-3-4-8-6-10(12)11-9(8)5-7/h2-5H,1,6H2,(H,11,12). The van der Waals surface area contributed by atoms with E-state index in [1.54, 1.807) is 6.08 Å². The van der Waals surface area contributed by atoms with Crippen molar-refractivity contribution in [3.63, 3.8) is 0 Å². The van der Waals surface area contributed by atoms with Crippen LogP contribution in [0.2, 0.25) is 0 Å². The van der Waals surface area contributed by atoms with Gasteiger partial charge in [0.15, 0.2) is 0 Å². The molecule has 1 aromatic carbocycles. The Kier molecular flexibility index (Phi) is 1.47. The number of fused-ring (bicyclic) bond motifs is 1. The Balaban J connectivity index is 2.48. The second-order valence-corrected chi connectivity index (χ2v) is 2.85. The number of rotatable bonds is 1. The van der Waals surface area contributed by atoms with E-state index in [4.69, 9.17) is 0 Å². The van der Waals surface area contributed by atoms with Crippen LogP contribution >= 0.6 is 0 Å². The minimum absolute atomic E-state index is 0.0752. The first-order chi connectivity index (χ1) is 5.79. The van der Waals surface area contributed by atoms with Gasteiger partial charge in [-0.2, -0.15) is 0 Å². The van der Waals surface area contributed by atoms with Crippen LogP contribution in [-0.4, -0.2) is 5.91 Å². The Morgan fingerprint density at radius 1 is 1.50 bits per heavy atom. The van der Waals surface area contributed by atoms with Gasteiger partial charge in [0.1, 0.15) is 0 Å². The number of anilines is 1. The lowest BCUT2D eigenvalue weighted by Gasteiger charge is -1.98. The van der Waals surface area contributed by atoms with Gasteiger partial charge in [-0.05, 0) is 17.2 Å². The van der Waals surface area contributed by atoms with Gasteiger partial charge >= 0.3 is 0 Å². The Morgan fingerprint density at radius 3 is 3.08 bits per heavy atom. The molecule has 2 heteroatoms. The Hall–Kier alpha value is -1.57. The highest BCUT2D eigenvalue weighted by atomic mass is 16.1. The maximum atomic E-state index is 11.0. The molecule has 0 radical (unpaired) electrons. The summed E-state index contributed by atoms with van der Waals surface area (Å²) in [7, 11) is 0. The van der Waals surface area contributed by atoms with E-state index in [9.17, 15) is 4.79 Å². The molecule has 1 aromatic rings. The molecule has 12 heavy (non-hydrogen) atoms. The van der Waals surface area contributed by atoms with E-state index in [0.29, 0.717) is 6.42 Å². The molecule has 60 valence electrons. The van der Waals surface area contributed by atoms with Crippen LogP contribution in [0.4, 0.5) is 5.69 Å². The molecule has 0 saturated heterocycles. The van der Waals surface area contributed by atoms with Crippen molar-refractivity contribution in [3.05, 3.63) is 35.9 Å². The van der Waals surface area contributed by atoms with E-state index >= 15 is 0 Å². The van der Waals surface area contributed by atoms with E-state index < -0.39 is 0 Å². The Bertz CT molecular complexity index is 355. The van der Waals surface area contributed by atoms with Crippen molar-refractivity contribution in [1.82, 2.24) is 0 Å². The van der Waals surface area contributed by atoms with Crippen LogP contribution in [-0.2, 0) is 11.2 Å².